The van der Waals surface area contributed by atoms with E-state index in [1.54, 1.807) is 32.7 Å². The number of ether oxygens (including phenoxy) is 3. The monoisotopic (exact) mass is 474 g/mol. The Labute approximate surface area is 202 Å². The summed E-state index contributed by atoms with van der Waals surface area (Å²) in [5.41, 5.74) is 2.32. The molecular formula is C26H38N2O4S. The minimum atomic E-state index is -0.436. The van der Waals surface area contributed by atoms with E-state index in [2.05, 4.69) is 54.2 Å². The van der Waals surface area contributed by atoms with Gasteiger partial charge in [-0.15, -0.1) is 11.3 Å². The molecule has 3 rings (SSSR count). The Morgan fingerprint density at radius 3 is 2.12 bits per heavy atom. The first kappa shape index (κ1) is 25.6. The van der Waals surface area contributed by atoms with E-state index in [1.165, 1.54) is 5.56 Å². The molecule has 0 aliphatic carbocycles. The lowest BCUT2D eigenvalue weighted by Crippen LogP contribution is -2.50. The van der Waals surface area contributed by atoms with Crippen molar-refractivity contribution in [2.75, 3.05) is 54.1 Å². The highest BCUT2D eigenvalue weighted by Crippen LogP contribution is 2.38. The lowest BCUT2D eigenvalue weighted by atomic mass is 10.0. The van der Waals surface area contributed by atoms with Crippen LogP contribution in [0.25, 0.3) is 6.08 Å². The molecular weight excluding hydrogens is 436 g/mol. The van der Waals surface area contributed by atoms with Gasteiger partial charge in [0.25, 0.3) is 0 Å². The Hall–Kier alpha value is -2.06. The molecule has 0 saturated carbocycles. The molecule has 2 aromatic rings. The smallest absolute Gasteiger partial charge is 0.203 e. The summed E-state index contributed by atoms with van der Waals surface area (Å²) >= 11 is 1.67. The molecule has 2 unspecified atom stereocenters. The third kappa shape index (κ3) is 6.29. The van der Waals surface area contributed by atoms with E-state index >= 15 is 0 Å². The number of benzene rings is 1. The van der Waals surface area contributed by atoms with Gasteiger partial charge in [0.15, 0.2) is 11.5 Å². The maximum absolute atomic E-state index is 10.9. The molecule has 1 fully saturated rings. The molecule has 1 N–H and O–H groups in total. The summed E-state index contributed by atoms with van der Waals surface area (Å²) in [5, 5.41) is 13.1. The van der Waals surface area contributed by atoms with Crippen LogP contribution in [0.15, 0.2) is 29.7 Å². The van der Waals surface area contributed by atoms with E-state index in [4.69, 9.17) is 14.2 Å². The number of methoxy groups -OCH3 is 3. The predicted octanol–water partition coefficient (Wildman–Crippen LogP) is 4.65. The molecule has 0 spiro atoms. The van der Waals surface area contributed by atoms with Gasteiger partial charge in [0.05, 0.1) is 21.3 Å². The number of hydrogen-bond donors (Lipinski definition) is 1. The molecule has 7 heteroatoms. The Kier molecular flexibility index (Phi) is 9.20. The first-order valence-electron chi connectivity index (χ1n) is 11.6. The second kappa shape index (κ2) is 11.9. The molecule has 1 aromatic heterocycles. The van der Waals surface area contributed by atoms with Gasteiger partial charge in [-0.25, -0.2) is 0 Å². The van der Waals surface area contributed by atoms with Crippen LogP contribution >= 0.6 is 11.3 Å². The van der Waals surface area contributed by atoms with Crippen LogP contribution < -0.4 is 14.2 Å². The second-order valence-electron chi connectivity index (χ2n) is 8.82. The number of rotatable bonds is 10. The van der Waals surface area contributed by atoms with Gasteiger partial charge in [-0.1, -0.05) is 26.0 Å². The van der Waals surface area contributed by atoms with Gasteiger partial charge < -0.3 is 19.3 Å². The summed E-state index contributed by atoms with van der Waals surface area (Å²) in [6.07, 6.45) is 3.83. The summed E-state index contributed by atoms with van der Waals surface area (Å²) in [5.74, 6) is 2.41. The molecule has 33 heavy (non-hydrogen) atoms. The second-order valence-corrected chi connectivity index (χ2v) is 9.76. The molecule has 182 valence electrons. The number of nitrogens with zero attached hydrogens (tertiary/aromatic N) is 2. The van der Waals surface area contributed by atoms with Crippen molar-refractivity contribution >= 4 is 17.4 Å². The Morgan fingerprint density at radius 1 is 0.970 bits per heavy atom. The lowest BCUT2D eigenvalue weighted by molar-refractivity contribution is 0.0303. The van der Waals surface area contributed by atoms with Crippen LogP contribution in [0.5, 0.6) is 17.2 Å². The molecule has 2 atom stereocenters. The summed E-state index contributed by atoms with van der Waals surface area (Å²) in [6, 6.07) is 6.18. The Balaban J connectivity index is 1.52. The number of hydrogen-bond acceptors (Lipinski definition) is 7. The van der Waals surface area contributed by atoms with Crippen molar-refractivity contribution in [3.05, 3.63) is 45.7 Å². The van der Waals surface area contributed by atoms with E-state index in [0.717, 1.165) is 43.2 Å². The Bertz CT molecular complexity index is 894. The van der Waals surface area contributed by atoms with Crippen molar-refractivity contribution in [1.29, 1.82) is 0 Å². The van der Waals surface area contributed by atoms with Crippen LogP contribution in [0.2, 0.25) is 0 Å². The highest BCUT2D eigenvalue weighted by Gasteiger charge is 2.27. The summed E-state index contributed by atoms with van der Waals surface area (Å²) in [6.45, 7) is 11.3. The van der Waals surface area contributed by atoms with Crippen molar-refractivity contribution < 1.29 is 19.3 Å². The number of aliphatic hydroxyl groups is 1. The van der Waals surface area contributed by atoms with E-state index in [0.29, 0.717) is 23.2 Å². The first-order valence-corrected chi connectivity index (χ1v) is 12.4. The zero-order valence-electron chi connectivity index (χ0n) is 20.7. The van der Waals surface area contributed by atoms with Crippen LogP contribution in [0.1, 0.15) is 48.8 Å². The topological polar surface area (TPSA) is 54.4 Å². The summed E-state index contributed by atoms with van der Waals surface area (Å²) in [7, 11) is 4.87. The maximum atomic E-state index is 10.9. The quantitative estimate of drug-likeness (QED) is 0.541. The van der Waals surface area contributed by atoms with Crippen molar-refractivity contribution in [2.45, 2.75) is 38.8 Å². The standard InChI is InChI=1S/C26H38N2O4S/c1-18(2)21-16-24(33-17-21)25(29)19(3)28-12-10-27(11-13-28)9-7-8-20-14-22(30-4)26(32-6)23(15-20)31-5/h7-8,14-19,25,29H,9-13H2,1-6H3. The maximum Gasteiger partial charge on any atom is 0.203 e. The average molecular weight is 475 g/mol. The summed E-state index contributed by atoms with van der Waals surface area (Å²) < 4.78 is 16.3. The molecule has 0 radical (unpaired) electrons. The predicted molar refractivity (Wildman–Crippen MR) is 136 cm³/mol. The fourth-order valence-corrected chi connectivity index (χ4v) is 5.31. The van der Waals surface area contributed by atoms with Crippen LogP contribution in [0.3, 0.4) is 0 Å². The molecule has 6 nitrogen and oxygen atoms in total. The van der Waals surface area contributed by atoms with Gasteiger partial charge in [-0.2, -0.15) is 0 Å². The molecule has 1 aliphatic heterocycles. The van der Waals surface area contributed by atoms with E-state index in [-0.39, 0.29) is 6.04 Å². The zero-order chi connectivity index (χ0) is 24.0. The van der Waals surface area contributed by atoms with Crippen LogP contribution in [0.4, 0.5) is 0 Å². The number of piperazine rings is 1. The normalized spacial score (nSPS) is 17.5. The van der Waals surface area contributed by atoms with Crippen molar-refractivity contribution in [3.63, 3.8) is 0 Å². The van der Waals surface area contributed by atoms with Crippen molar-refractivity contribution in [1.82, 2.24) is 9.80 Å². The Morgan fingerprint density at radius 2 is 1.61 bits per heavy atom. The lowest BCUT2D eigenvalue weighted by Gasteiger charge is -2.39. The van der Waals surface area contributed by atoms with Gasteiger partial charge >= 0.3 is 0 Å². The minimum Gasteiger partial charge on any atom is -0.493 e. The fourth-order valence-electron chi connectivity index (χ4n) is 4.15. The minimum absolute atomic E-state index is 0.112. The highest BCUT2D eigenvalue weighted by atomic mass is 32.1. The van der Waals surface area contributed by atoms with Crippen LogP contribution in [0, 0.1) is 0 Å². The van der Waals surface area contributed by atoms with Crippen LogP contribution in [-0.2, 0) is 0 Å². The van der Waals surface area contributed by atoms with Gasteiger partial charge in [0.2, 0.25) is 5.75 Å². The van der Waals surface area contributed by atoms with E-state index in [1.807, 2.05) is 12.1 Å². The van der Waals surface area contributed by atoms with Gasteiger partial charge in [0.1, 0.15) is 6.10 Å². The third-order valence-electron chi connectivity index (χ3n) is 6.40. The SMILES string of the molecule is COc1cc(C=CCN2CCN(C(C)C(O)c3cc(C(C)C)cs3)CC2)cc(OC)c1OC. The highest BCUT2D eigenvalue weighted by molar-refractivity contribution is 7.10. The van der Waals surface area contributed by atoms with Crippen LogP contribution in [-0.4, -0.2) is 75.0 Å². The molecule has 0 amide bonds. The zero-order valence-corrected chi connectivity index (χ0v) is 21.5. The number of thiophene rings is 1. The van der Waals surface area contributed by atoms with Gasteiger partial charge in [-0.05, 0) is 47.5 Å². The van der Waals surface area contributed by atoms with Crippen molar-refractivity contribution in [2.24, 2.45) is 0 Å². The van der Waals surface area contributed by atoms with E-state index < -0.39 is 6.10 Å². The first-order chi connectivity index (χ1) is 15.9. The van der Waals surface area contributed by atoms with Gasteiger partial charge in [0, 0.05) is 43.6 Å². The molecule has 1 saturated heterocycles. The number of aliphatic hydroxyl groups excluding tert-OH is 1. The third-order valence-corrected chi connectivity index (χ3v) is 7.42. The molecule has 1 aromatic carbocycles. The molecule has 1 aliphatic rings. The molecule has 2 heterocycles. The average Bonchev–Trinajstić information content (AvgIpc) is 3.33. The largest absolute Gasteiger partial charge is 0.493 e. The molecule has 0 bridgehead atoms. The fraction of sp³-hybridized carbons (Fsp3) is 0.538. The van der Waals surface area contributed by atoms with Crippen molar-refractivity contribution in [3.8, 4) is 17.2 Å². The van der Waals surface area contributed by atoms with E-state index in [9.17, 15) is 5.11 Å². The summed E-state index contributed by atoms with van der Waals surface area (Å²) in [4.78, 5) is 5.91. The van der Waals surface area contributed by atoms with Gasteiger partial charge in [-0.3, -0.25) is 9.80 Å².